The number of likely N-dealkylation sites (N-methyl/N-ethyl adjacent to an activating group) is 1. The van der Waals surface area contributed by atoms with Gasteiger partial charge in [-0.05, 0) is 44.4 Å². The first-order chi connectivity index (χ1) is 15.1. The van der Waals surface area contributed by atoms with Gasteiger partial charge in [-0.15, -0.1) is 0 Å². The molecule has 1 fully saturated rings. The van der Waals surface area contributed by atoms with E-state index in [-0.39, 0.29) is 5.75 Å². The Labute approximate surface area is 181 Å². The third kappa shape index (κ3) is 3.82. The van der Waals surface area contributed by atoms with Gasteiger partial charge in [0.25, 0.3) is 0 Å². The highest BCUT2D eigenvalue weighted by atomic mass is 16.5. The van der Waals surface area contributed by atoms with Crippen molar-refractivity contribution in [2.75, 3.05) is 51.8 Å². The topological polar surface area (TPSA) is 66.7 Å². The van der Waals surface area contributed by atoms with E-state index in [2.05, 4.69) is 52.9 Å². The Morgan fingerprint density at radius 1 is 1.03 bits per heavy atom. The molecule has 2 aromatic carbocycles. The minimum atomic E-state index is 0.210. The molecule has 31 heavy (non-hydrogen) atoms. The molecule has 2 aromatic heterocycles. The maximum atomic E-state index is 9.99. The molecule has 0 atom stereocenters. The first-order valence-corrected chi connectivity index (χ1v) is 10.7. The molecule has 0 amide bonds. The van der Waals surface area contributed by atoms with E-state index < -0.39 is 0 Å². The van der Waals surface area contributed by atoms with Crippen LogP contribution in [0.15, 0.2) is 48.7 Å². The van der Waals surface area contributed by atoms with E-state index in [1.165, 1.54) is 5.52 Å². The lowest BCUT2D eigenvalue weighted by Gasteiger charge is -2.29. The van der Waals surface area contributed by atoms with Crippen molar-refractivity contribution in [2.45, 2.75) is 6.54 Å². The van der Waals surface area contributed by atoms with Gasteiger partial charge in [-0.3, -0.25) is 0 Å². The fraction of sp³-hybridized carbons (Fsp3) is 0.333. The maximum Gasteiger partial charge on any atom is 0.162 e. The van der Waals surface area contributed by atoms with Crippen LogP contribution in [0.25, 0.3) is 33.2 Å². The number of fused-ring (bicyclic) bond motifs is 3. The summed E-state index contributed by atoms with van der Waals surface area (Å²) in [5, 5.41) is 12.2. The summed E-state index contributed by atoms with van der Waals surface area (Å²) in [6, 6.07) is 13.6. The van der Waals surface area contributed by atoms with E-state index in [4.69, 9.17) is 14.7 Å². The number of rotatable bonds is 5. The molecule has 0 unspecified atom stereocenters. The third-order valence-corrected chi connectivity index (χ3v) is 5.80. The van der Waals surface area contributed by atoms with Crippen LogP contribution >= 0.6 is 0 Å². The van der Waals surface area contributed by atoms with Gasteiger partial charge in [0.05, 0.1) is 24.2 Å². The third-order valence-electron chi connectivity index (χ3n) is 5.80. The van der Waals surface area contributed by atoms with Gasteiger partial charge in [-0.25, -0.2) is 9.97 Å². The average molecular weight is 418 g/mol. The summed E-state index contributed by atoms with van der Waals surface area (Å²) in [7, 11) is 4.18. The second-order valence-corrected chi connectivity index (χ2v) is 8.23. The Morgan fingerprint density at radius 2 is 1.87 bits per heavy atom. The first-order valence-electron chi connectivity index (χ1n) is 10.7. The van der Waals surface area contributed by atoms with Gasteiger partial charge in [0.15, 0.2) is 5.82 Å². The van der Waals surface area contributed by atoms with E-state index in [9.17, 15) is 5.11 Å². The molecular weight excluding hydrogens is 390 g/mol. The lowest BCUT2D eigenvalue weighted by Crippen LogP contribution is -2.37. The Bertz CT molecular complexity index is 1230. The number of aromatic nitrogens is 3. The quantitative estimate of drug-likeness (QED) is 0.537. The van der Waals surface area contributed by atoms with Crippen LogP contribution in [-0.2, 0) is 11.3 Å². The Morgan fingerprint density at radius 3 is 2.65 bits per heavy atom. The number of morpholine rings is 1. The first kappa shape index (κ1) is 19.8. The van der Waals surface area contributed by atoms with Crippen LogP contribution in [0, 0.1) is 0 Å². The molecule has 1 aliphatic rings. The molecule has 0 aliphatic carbocycles. The van der Waals surface area contributed by atoms with Crippen molar-refractivity contribution >= 4 is 27.6 Å². The average Bonchev–Trinajstić information content (AvgIpc) is 3.21. The van der Waals surface area contributed by atoms with Crippen LogP contribution < -0.4 is 4.90 Å². The second-order valence-electron chi connectivity index (χ2n) is 8.23. The van der Waals surface area contributed by atoms with Gasteiger partial charge < -0.3 is 24.2 Å². The molecule has 0 radical (unpaired) electrons. The molecule has 4 aromatic rings. The highest BCUT2D eigenvalue weighted by Gasteiger charge is 2.20. The van der Waals surface area contributed by atoms with E-state index >= 15 is 0 Å². The van der Waals surface area contributed by atoms with Crippen LogP contribution in [0.5, 0.6) is 5.75 Å². The molecule has 1 saturated heterocycles. The van der Waals surface area contributed by atoms with Crippen molar-refractivity contribution in [3.05, 3.63) is 48.7 Å². The molecule has 160 valence electrons. The Hall–Kier alpha value is -3.16. The number of nitrogens with zero attached hydrogens (tertiary/aromatic N) is 5. The number of aromatic hydroxyl groups is 1. The molecule has 3 heterocycles. The Balaban J connectivity index is 1.71. The minimum absolute atomic E-state index is 0.210. The van der Waals surface area contributed by atoms with Gasteiger partial charge in [0.2, 0.25) is 0 Å². The number of ether oxygens (including phenoxy) is 1. The number of phenols is 1. The lowest BCUT2D eigenvalue weighted by molar-refractivity contribution is 0.122. The normalized spacial score (nSPS) is 14.7. The molecule has 7 heteroatoms. The van der Waals surface area contributed by atoms with E-state index in [1.807, 2.05) is 12.1 Å². The predicted molar refractivity (Wildman–Crippen MR) is 124 cm³/mol. The lowest BCUT2D eigenvalue weighted by atomic mass is 10.1. The van der Waals surface area contributed by atoms with Gasteiger partial charge >= 0.3 is 0 Å². The molecule has 1 N–H and O–H groups in total. The summed E-state index contributed by atoms with van der Waals surface area (Å²) in [4.78, 5) is 14.4. The van der Waals surface area contributed by atoms with E-state index in [0.717, 1.165) is 53.8 Å². The minimum Gasteiger partial charge on any atom is -0.508 e. The Kier molecular flexibility index (Phi) is 5.21. The molecule has 1 aliphatic heterocycles. The van der Waals surface area contributed by atoms with Crippen LogP contribution in [-0.4, -0.2) is 71.5 Å². The van der Waals surface area contributed by atoms with Crippen molar-refractivity contribution in [1.82, 2.24) is 19.4 Å². The van der Waals surface area contributed by atoms with E-state index in [1.54, 1.807) is 12.1 Å². The molecule has 7 nitrogen and oxygen atoms in total. The van der Waals surface area contributed by atoms with Crippen LogP contribution in [0.1, 0.15) is 0 Å². The molecule has 0 spiro atoms. The smallest absolute Gasteiger partial charge is 0.162 e. The van der Waals surface area contributed by atoms with E-state index in [0.29, 0.717) is 19.0 Å². The summed E-state index contributed by atoms with van der Waals surface area (Å²) in [6.07, 6.45) is 2.14. The van der Waals surface area contributed by atoms with Crippen LogP contribution in [0.2, 0.25) is 0 Å². The van der Waals surface area contributed by atoms with Crippen LogP contribution in [0.3, 0.4) is 0 Å². The summed E-state index contributed by atoms with van der Waals surface area (Å²) in [5.41, 5.74) is 2.92. The summed E-state index contributed by atoms with van der Waals surface area (Å²) in [6.45, 7) is 4.87. The van der Waals surface area contributed by atoms with Gasteiger partial charge in [-0.1, -0.05) is 12.1 Å². The zero-order valence-corrected chi connectivity index (χ0v) is 18.0. The number of anilines is 1. The standard InChI is InChI=1S/C24H27N5O2/c1-27(2)10-11-28-9-8-19-21(28)7-6-20-22(19)25-23(17-4-3-5-18(30)16-17)26-24(20)29-12-14-31-15-13-29/h3-9,16,30H,10-15H2,1-2H3. The maximum absolute atomic E-state index is 9.99. The SMILES string of the molecule is CN(C)CCn1ccc2c3nc(-c4cccc(O)c4)nc(N4CCOCC4)c3ccc21. The van der Waals surface area contributed by atoms with Crippen LogP contribution in [0.4, 0.5) is 5.82 Å². The second kappa shape index (κ2) is 8.17. The van der Waals surface area contributed by atoms with Gasteiger partial charge in [0.1, 0.15) is 11.6 Å². The fourth-order valence-electron chi connectivity index (χ4n) is 4.14. The molecular formula is C24H27N5O2. The number of phenolic OH excluding ortho intramolecular Hbond substituents is 1. The van der Waals surface area contributed by atoms with Gasteiger partial charge in [-0.2, -0.15) is 0 Å². The summed E-state index contributed by atoms with van der Waals surface area (Å²) in [5.74, 6) is 1.76. The number of benzene rings is 2. The highest BCUT2D eigenvalue weighted by molar-refractivity contribution is 6.08. The van der Waals surface area contributed by atoms with Crippen molar-refractivity contribution < 1.29 is 9.84 Å². The monoisotopic (exact) mass is 417 g/mol. The predicted octanol–water partition coefficient (Wildman–Crippen LogP) is 3.36. The summed E-state index contributed by atoms with van der Waals surface area (Å²) < 4.78 is 7.84. The van der Waals surface area contributed by atoms with Crippen molar-refractivity contribution in [3.8, 4) is 17.1 Å². The fourth-order valence-corrected chi connectivity index (χ4v) is 4.14. The van der Waals surface area contributed by atoms with Crippen molar-refractivity contribution in [3.63, 3.8) is 0 Å². The van der Waals surface area contributed by atoms with Crippen molar-refractivity contribution in [1.29, 1.82) is 0 Å². The molecule has 5 rings (SSSR count). The van der Waals surface area contributed by atoms with Crippen molar-refractivity contribution in [2.24, 2.45) is 0 Å². The largest absolute Gasteiger partial charge is 0.508 e. The zero-order chi connectivity index (χ0) is 21.4. The number of hydrogen-bond acceptors (Lipinski definition) is 6. The molecule has 0 saturated carbocycles. The zero-order valence-electron chi connectivity index (χ0n) is 18.0. The molecule has 0 bridgehead atoms. The summed E-state index contributed by atoms with van der Waals surface area (Å²) >= 11 is 0. The van der Waals surface area contributed by atoms with Gasteiger partial charge in [0, 0.05) is 48.7 Å². The highest BCUT2D eigenvalue weighted by Crippen LogP contribution is 2.33. The number of hydrogen-bond donors (Lipinski definition) is 1.